The molecule has 7 heteroatoms. The Bertz CT molecular complexity index is 426. The van der Waals surface area contributed by atoms with E-state index < -0.39 is 10.2 Å². The fourth-order valence-corrected chi connectivity index (χ4v) is 1.98. The van der Waals surface area contributed by atoms with Gasteiger partial charge in [0.25, 0.3) is 0 Å². The molecule has 0 aromatic rings. The Balaban J connectivity index is 3.00. The Labute approximate surface area is 103 Å². The molecule has 1 aliphatic rings. The van der Waals surface area contributed by atoms with Gasteiger partial charge in [-0.1, -0.05) is 0 Å². The van der Waals surface area contributed by atoms with Gasteiger partial charge in [0.2, 0.25) is 0 Å². The van der Waals surface area contributed by atoms with Crippen molar-refractivity contribution < 1.29 is 8.42 Å². The SMILES string of the molecule is CC(C)(C)NC1=NS(=O)(=O)N=C1NC(C)(C)C. The summed E-state index contributed by atoms with van der Waals surface area (Å²) in [4.78, 5) is 0. The first-order valence-corrected chi connectivity index (χ1v) is 6.79. The maximum Gasteiger partial charge on any atom is 0.367 e. The summed E-state index contributed by atoms with van der Waals surface area (Å²) in [7, 11) is -3.74. The number of amidine groups is 2. The molecule has 0 aromatic carbocycles. The summed E-state index contributed by atoms with van der Waals surface area (Å²) in [6.45, 7) is 11.6. The van der Waals surface area contributed by atoms with Gasteiger partial charge in [0.1, 0.15) is 0 Å². The van der Waals surface area contributed by atoms with Crippen molar-refractivity contribution in [1.82, 2.24) is 10.6 Å². The molecule has 0 radical (unpaired) electrons. The Kier molecular flexibility index (Phi) is 3.26. The molecule has 0 amide bonds. The van der Waals surface area contributed by atoms with Crippen molar-refractivity contribution in [3.8, 4) is 0 Å². The van der Waals surface area contributed by atoms with Crippen molar-refractivity contribution in [3.63, 3.8) is 0 Å². The molecule has 0 fully saturated rings. The second-order valence-electron chi connectivity index (χ2n) is 6.08. The molecule has 1 aliphatic heterocycles. The van der Waals surface area contributed by atoms with Gasteiger partial charge < -0.3 is 10.6 Å². The van der Waals surface area contributed by atoms with Gasteiger partial charge in [-0.15, -0.1) is 8.80 Å². The van der Waals surface area contributed by atoms with Crippen LogP contribution in [0.2, 0.25) is 0 Å². The van der Waals surface area contributed by atoms with Crippen molar-refractivity contribution in [2.24, 2.45) is 8.80 Å². The first-order chi connectivity index (χ1) is 7.38. The van der Waals surface area contributed by atoms with E-state index in [1.54, 1.807) is 0 Å². The normalized spacial score (nSPS) is 19.6. The maximum atomic E-state index is 11.4. The molecule has 0 saturated heterocycles. The van der Waals surface area contributed by atoms with Gasteiger partial charge >= 0.3 is 10.2 Å². The second kappa shape index (κ2) is 3.97. The third-order valence-electron chi connectivity index (χ3n) is 1.62. The van der Waals surface area contributed by atoms with Crippen molar-refractivity contribution in [3.05, 3.63) is 0 Å². The largest absolute Gasteiger partial charge is 0.367 e. The van der Waals surface area contributed by atoms with E-state index in [1.165, 1.54) is 0 Å². The number of rotatable bonds is 0. The van der Waals surface area contributed by atoms with Crippen LogP contribution in [-0.4, -0.2) is 31.2 Å². The summed E-state index contributed by atoms with van der Waals surface area (Å²) in [6, 6.07) is 0. The van der Waals surface area contributed by atoms with E-state index >= 15 is 0 Å². The summed E-state index contributed by atoms with van der Waals surface area (Å²) in [6.07, 6.45) is 0. The minimum Gasteiger partial charge on any atom is -0.362 e. The molecule has 2 N–H and O–H groups in total. The van der Waals surface area contributed by atoms with Gasteiger partial charge in [-0.05, 0) is 41.5 Å². The summed E-state index contributed by atoms with van der Waals surface area (Å²) >= 11 is 0. The smallest absolute Gasteiger partial charge is 0.362 e. The molecule has 0 atom stereocenters. The summed E-state index contributed by atoms with van der Waals surface area (Å²) < 4.78 is 29.9. The van der Waals surface area contributed by atoms with Crippen molar-refractivity contribution in [2.75, 3.05) is 0 Å². The van der Waals surface area contributed by atoms with Crippen LogP contribution in [0.4, 0.5) is 0 Å². The lowest BCUT2D eigenvalue weighted by Crippen LogP contribution is -2.51. The number of hydrogen-bond acceptors (Lipinski definition) is 4. The van der Waals surface area contributed by atoms with Gasteiger partial charge in [-0.25, -0.2) is 0 Å². The van der Waals surface area contributed by atoms with Crippen molar-refractivity contribution >= 4 is 21.9 Å². The van der Waals surface area contributed by atoms with Gasteiger partial charge in [0.15, 0.2) is 11.7 Å². The molecular weight excluding hydrogens is 240 g/mol. The highest BCUT2D eigenvalue weighted by atomic mass is 32.2. The molecule has 0 spiro atoms. The lowest BCUT2D eigenvalue weighted by molar-refractivity contribution is 0.501. The molecule has 1 heterocycles. The maximum absolute atomic E-state index is 11.4. The zero-order chi connectivity index (χ0) is 13.5. The van der Waals surface area contributed by atoms with Crippen LogP contribution in [0, 0.1) is 0 Å². The Morgan fingerprint density at radius 2 is 1.12 bits per heavy atom. The fourth-order valence-electron chi connectivity index (χ4n) is 1.21. The Morgan fingerprint density at radius 1 is 0.824 bits per heavy atom. The lowest BCUT2D eigenvalue weighted by atomic mass is 10.1. The molecule has 17 heavy (non-hydrogen) atoms. The summed E-state index contributed by atoms with van der Waals surface area (Å²) in [5, 5.41) is 6.05. The average molecular weight is 260 g/mol. The molecular formula is C10H20N4O2S. The topological polar surface area (TPSA) is 82.9 Å². The molecule has 0 aliphatic carbocycles. The van der Waals surface area contributed by atoms with E-state index in [1.807, 2.05) is 41.5 Å². The molecule has 0 saturated carbocycles. The Hall–Kier alpha value is -1.11. The summed E-state index contributed by atoms with van der Waals surface area (Å²) in [5.74, 6) is 0.542. The van der Waals surface area contributed by atoms with Crippen LogP contribution in [0.3, 0.4) is 0 Å². The van der Waals surface area contributed by atoms with E-state index in [4.69, 9.17) is 0 Å². The highest BCUT2D eigenvalue weighted by Crippen LogP contribution is 2.10. The van der Waals surface area contributed by atoms with E-state index in [0.717, 1.165) is 0 Å². The predicted octanol–water partition coefficient (Wildman–Crippen LogP) is 0.818. The third-order valence-corrected chi connectivity index (χ3v) is 2.45. The number of hydrogen-bond donors (Lipinski definition) is 2. The van der Waals surface area contributed by atoms with E-state index in [-0.39, 0.29) is 22.7 Å². The van der Waals surface area contributed by atoms with Crippen LogP contribution >= 0.6 is 0 Å². The van der Waals surface area contributed by atoms with Crippen LogP contribution in [-0.2, 0) is 10.2 Å². The molecule has 6 nitrogen and oxygen atoms in total. The minimum absolute atomic E-state index is 0.271. The van der Waals surface area contributed by atoms with Gasteiger partial charge in [0, 0.05) is 11.1 Å². The van der Waals surface area contributed by atoms with Crippen molar-refractivity contribution in [1.29, 1.82) is 0 Å². The van der Waals surface area contributed by atoms with Crippen LogP contribution in [0.5, 0.6) is 0 Å². The average Bonchev–Trinajstić information content (AvgIpc) is 2.17. The van der Waals surface area contributed by atoms with Gasteiger partial charge in [0.05, 0.1) is 0 Å². The molecule has 0 bridgehead atoms. The monoisotopic (exact) mass is 260 g/mol. The zero-order valence-electron chi connectivity index (χ0n) is 11.1. The molecule has 1 rings (SSSR count). The van der Waals surface area contributed by atoms with Crippen LogP contribution in [0.25, 0.3) is 0 Å². The fraction of sp³-hybridized carbons (Fsp3) is 0.800. The first-order valence-electron chi connectivity index (χ1n) is 5.40. The second-order valence-corrected chi connectivity index (χ2v) is 7.34. The predicted molar refractivity (Wildman–Crippen MR) is 69.6 cm³/mol. The number of nitrogens with one attached hydrogen (secondary N) is 2. The molecule has 0 aromatic heterocycles. The standard InChI is InChI=1S/C10H20N4O2S/c1-9(2,3)11-7-8(12-10(4,5)6)14-17(15,16)13-7/h1-6H3,(H,11,13)(H,12,14). The van der Waals surface area contributed by atoms with E-state index in [2.05, 4.69) is 19.4 Å². The van der Waals surface area contributed by atoms with Crippen LogP contribution < -0.4 is 10.6 Å². The van der Waals surface area contributed by atoms with Crippen LogP contribution in [0.15, 0.2) is 8.80 Å². The number of nitrogens with zero attached hydrogens (tertiary/aromatic N) is 2. The zero-order valence-corrected chi connectivity index (χ0v) is 11.9. The quantitative estimate of drug-likeness (QED) is 0.675. The molecule has 0 unspecified atom stereocenters. The van der Waals surface area contributed by atoms with E-state index in [0.29, 0.717) is 0 Å². The minimum atomic E-state index is -3.74. The lowest BCUT2D eigenvalue weighted by Gasteiger charge is -2.26. The highest BCUT2D eigenvalue weighted by Gasteiger charge is 2.29. The van der Waals surface area contributed by atoms with Gasteiger partial charge in [-0.2, -0.15) is 8.42 Å². The van der Waals surface area contributed by atoms with Gasteiger partial charge in [-0.3, -0.25) is 0 Å². The molecule has 98 valence electrons. The highest BCUT2D eigenvalue weighted by molar-refractivity contribution is 7.89. The van der Waals surface area contributed by atoms with E-state index in [9.17, 15) is 8.42 Å². The third kappa shape index (κ3) is 4.72. The summed E-state index contributed by atoms with van der Waals surface area (Å²) in [5.41, 5.74) is -0.557. The first kappa shape index (κ1) is 14.0. The van der Waals surface area contributed by atoms with Crippen LogP contribution in [0.1, 0.15) is 41.5 Å². The van der Waals surface area contributed by atoms with Crippen molar-refractivity contribution in [2.45, 2.75) is 52.6 Å². The Morgan fingerprint density at radius 3 is 1.35 bits per heavy atom.